The van der Waals surface area contributed by atoms with Crippen molar-refractivity contribution in [1.82, 2.24) is 30.0 Å². The highest BCUT2D eigenvalue weighted by molar-refractivity contribution is 5.78. The number of carbonyl (C=O) groups is 1. The molecule has 1 fully saturated rings. The highest BCUT2D eigenvalue weighted by Gasteiger charge is 2.31. The van der Waals surface area contributed by atoms with Gasteiger partial charge in [-0.15, -0.1) is 0 Å². The summed E-state index contributed by atoms with van der Waals surface area (Å²) in [4.78, 5) is 26.0. The Hall–Kier alpha value is -3.06. The Kier molecular flexibility index (Phi) is 5.95. The number of nitrogens with one attached hydrogen (secondary N) is 1. The van der Waals surface area contributed by atoms with Gasteiger partial charge in [-0.1, -0.05) is 36.4 Å². The molecule has 2 aromatic heterocycles. The van der Waals surface area contributed by atoms with Crippen LogP contribution in [-0.2, 0) is 17.8 Å². The van der Waals surface area contributed by atoms with Crippen LogP contribution < -0.4 is 0 Å². The zero-order valence-electron chi connectivity index (χ0n) is 16.7. The molecule has 4 rings (SSSR count). The Morgan fingerprint density at radius 3 is 2.69 bits per heavy atom. The van der Waals surface area contributed by atoms with Crippen LogP contribution in [0, 0.1) is 6.92 Å². The van der Waals surface area contributed by atoms with E-state index in [4.69, 9.17) is 0 Å². The number of nitrogens with zero attached hydrogens (tertiary/aromatic N) is 5. The van der Waals surface area contributed by atoms with Gasteiger partial charge in [0.15, 0.2) is 5.82 Å². The summed E-state index contributed by atoms with van der Waals surface area (Å²) >= 11 is 0. The van der Waals surface area contributed by atoms with Crippen LogP contribution in [0.5, 0.6) is 0 Å². The monoisotopic (exact) mass is 390 g/mol. The molecule has 1 aliphatic heterocycles. The molecule has 1 N–H and O–H groups in total. The zero-order valence-corrected chi connectivity index (χ0v) is 16.7. The molecule has 3 heterocycles. The molecular formula is C22H26N6O. The second-order valence-electron chi connectivity index (χ2n) is 7.48. The van der Waals surface area contributed by atoms with Gasteiger partial charge in [-0.25, -0.2) is 4.98 Å². The molecule has 3 aromatic rings. The first-order valence-electron chi connectivity index (χ1n) is 10.0. The Morgan fingerprint density at radius 2 is 1.97 bits per heavy atom. The molecule has 1 amide bonds. The van der Waals surface area contributed by atoms with E-state index in [1.165, 1.54) is 5.56 Å². The van der Waals surface area contributed by atoms with E-state index < -0.39 is 0 Å². The molecule has 0 saturated carbocycles. The number of aryl methyl sites for hydroxylation is 1. The summed E-state index contributed by atoms with van der Waals surface area (Å²) < 4.78 is 0. The van der Waals surface area contributed by atoms with E-state index in [2.05, 4.69) is 49.3 Å². The first-order valence-corrected chi connectivity index (χ1v) is 10.0. The second-order valence-corrected chi connectivity index (χ2v) is 7.48. The van der Waals surface area contributed by atoms with Gasteiger partial charge in [0.25, 0.3) is 0 Å². The lowest BCUT2D eigenvalue weighted by Gasteiger charge is -2.30. The molecule has 0 radical (unpaired) electrons. The van der Waals surface area contributed by atoms with Gasteiger partial charge in [-0.3, -0.25) is 19.8 Å². The van der Waals surface area contributed by atoms with Crippen molar-refractivity contribution in [2.24, 2.45) is 0 Å². The third-order valence-corrected chi connectivity index (χ3v) is 5.28. The van der Waals surface area contributed by atoms with Crippen LogP contribution >= 0.6 is 0 Å². The lowest BCUT2D eigenvalue weighted by atomic mass is 10.1. The fourth-order valence-electron chi connectivity index (χ4n) is 3.81. The van der Waals surface area contributed by atoms with E-state index in [1.807, 2.05) is 30.0 Å². The maximum atomic E-state index is 13.0. The van der Waals surface area contributed by atoms with Crippen molar-refractivity contribution in [3.05, 3.63) is 77.6 Å². The lowest BCUT2D eigenvalue weighted by Crippen LogP contribution is -2.38. The van der Waals surface area contributed by atoms with Crippen molar-refractivity contribution in [2.75, 3.05) is 19.6 Å². The van der Waals surface area contributed by atoms with E-state index in [1.54, 1.807) is 12.4 Å². The molecule has 1 saturated heterocycles. The summed E-state index contributed by atoms with van der Waals surface area (Å²) in [5.74, 6) is 1.66. The fourth-order valence-corrected chi connectivity index (χ4v) is 3.81. The van der Waals surface area contributed by atoms with Crippen molar-refractivity contribution in [3.63, 3.8) is 0 Å². The maximum Gasteiger partial charge on any atom is 0.227 e. The van der Waals surface area contributed by atoms with Crippen molar-refractivity contribution < 1.29 is 4.79 Å². The highest BCUT2D eigenvalue weighted by atomic mass is 16.2. The number of pyridine rings is 1. The molecule has 0 spiro atoms. The van der Waals surface area contributed by atoms with Gasteiger partial charge in [0.2, 0.25) is 5.91 Å². The topological polar surface area (TPSA) is 78.0 Å². The lowest BCUT2D eigenvalue weighted by molar-refractivity contribution is -0.130. The molecule has 1 unspecified atom stereocenters. The van der Waals surface area contributed by atoms with Crippen LogP contribution in [0.4, 0.5) is 0 Å². The van der Waals surface area contributed by atoms with Gasteiger partial charge < -0.3 is 4.90 Å². The molecular weight excluding hydrogens is 364 g/mol. The molecule has 29 heavy (non-hydrogen) atoms. The van der Waals surface area contributed by atoms with E-state index in [0.717, 1.165) is 43.3 Å². The Balaban J connectivity index is 1.54. The quantitative estimate of drug-likeness (QED) is 0.724. The Bertz CT molecular complexity index is 927. The number of rotatable bonds is 5. The number of hydrogen-bond donors (Lipinski definition) is 1. The fraction of sp³-hybridized carbons (Fsp3) is 0.364. The van der Waals surface area contributed by atoms with E-state index in [9.17, 15) is 4.79 Å². The van der Waals surface area contributed by atoms with E-state index >= 15 is 0 Å². The number of aromatic amines is 1. The summed E-state index contributed by atoms with van der Waals surface area (Å²) in [6.07, 6.45) is 4.77. The van der Waals surface area contributed by atoms with Gasteiger partial charge in [0.05, 0.1) is 12.5 Å². The maximum absolute atomic E-state index is 13.0. The summed E-state index contributed by atoms with van der Waals surface area (Å²) in [7, 11) is 0. The van der Waals surface area contributed by atoms with Crippen LogP contribution in [0.1, 0.15) is 35.2 Å². The number of carbonyl (C=O) groups excluding carboxylic acids is 1. The van der Waals surface area contributed by atoms with Crippen LogP contribution in [-0.4, -0.2) is 55.5 Å². The molecule has 0 aliphatic carbocycles. The minimum atomic E-state index is -0.0412. The predicted octanol–water partition coefficient (Wildman–Crippen LogP) is 2.53. The van der Waals surface area contributed by atoms with Crippen molar-refractivity contribution in [2.45, 2.75) is 32.4 Å². The van der Waals surface area contributed by atoms with Gasteiger partial charge in [-0.05, 0) is 30.5 Å². The first-order chi connectivity index (χ1) is 14.2. The van der Waals surface area contributed by atoms with Gasteiger partial charge >= 0.3 is 0 Å². The zero-order chi connectivity index (χ0) is 20.1. The van der Waals surface area contributed by atoms with Crippen LogP contribution in [0.15, 0.2) is 54.9 Å². The highest BCUT2D eigenvalue weighted by Crippen LogP contribution is 2.25. The number of hydrogen-bond acceptors (Lipinski definition) is 5. The second kappa shape index (κ2) is 8.96. The summed E-state index contributed by atoms with van der Waals surface area (Å²) in [5.41, 5.74) is 2.19. The SMILES string of the molecule is Cc1nc(C2CN(C(=O)Cc3cccnc3)CCCN2Cc2ccccc2)n[nH]1. The number of amides is 1. The average Bonchev–Trinajstić information content (AvgIpc) is 3.06. The number of H-pyrrole nitrogens is 1. The molecule has 1 atom stereocenters. The molecule has 1 aromatic carbocycles. The largest absolute Gasteiger partial charge is 0.340 e. The first kappa shape index (κ1) is 19.3. The van der Waals surface area contributed by atoms with Crippen molar-refractivity contribution in [3.8, 4) is 0 Å². The minimum Gasteiger partial charge on any atom is -0.340 e. The minimum absolute atomic E-state index is 0.0412. The number of aromatic nitrogens is 4. The predicted molar refractivity (Wildman–Crippen MR) is 110 cm³/mol. The Morgan fingerprint density at radius 1 is 1.14 bits per heavy atom. The van der Waals surface area contributed by atoms with Crippen molar-refractivity contribution >= 4 is 5.91 Å². The molecule has 150 valence electrons. The molecule has 7 heteroatoms. The summed E-state index contributed by atoms with van der Waals surface area (Å²) in [5, 5.41) is 7.38. The summed E-state index contributed by atoms with van der Waals surface area (Å²) in [6.45, 7) is 4.93. The Labute approximate surface area is 170 Å². The normalized spacial score (nSPS) is 17.8. The molecule has 1 aliphatic rings. The summed E-state index contributed by atoms with van der Waals surface area (Å²) in [6, 6.07) is 14.2. The van der Waals surface area contributed by atoms with Crippen LogP contribution in [0.25, 0.3) is 0 Å². The number of benzene rings is 1. The average molecular weight is 390 g/mol. The van der Waals surface area contributed by atoms with E-state index in [-0.39, 0.29) is 11.9 Å². The third kappa shape index (κ3) is 4.86. The van der Waals surface area contributed by atoms with Crippen molar-refractivity contribution in [1.29, 1.82) is 0 Å². The molecule has 0 bridgehead atoms. The standard InChI is InChI=1S/C22H26N6O/c1-17-24-22(26-25-17)20-16-28(21(29)13-19-9-5-10-23-14-19)12-6-11-27(20)15-18-7-3-2-4-8-18/h2-5,7-10,14,20H,6,11-13,15-16H2,1H3,(H,24,25,26). The van der Waals surface area contributed by atoms with Crippen LogP contribution in [0.3, 0.4) is 0 Å². The van der Waals surface area contributed by atoms with Gasteiger partial charge in [-0.2, -0.15) is 5.10 Å². The smallest absolute Gasteiger partial charge is 0.227 e. The van der Waals surface area contributed by atoms with Gasteiger partial charge in [0, 0.05) is 38.6 Å². The van der Waals surface area contributed by atoms with E-state index in [0.29, 0.717) is 13.0 Å². The van der Waals surface area contributed by atoms with Gasteiger partial charge in [0.1, 0.15) is 5.82 Å². The molecule has 7 nitrogen and oxygen atoms in total. The third-order valence-electron chi connectivity index (χ3n) is 5.28. The van der Waals surface area contributed by atoms with Crippen LogP contribution in [0.2, 0.25) is 0 Å².